The summed E-state index contributed by atoms with van der Waals surface area (Å²) >= 11 is 0. The van der Waals surface area contributed by atoms with Crippen LogP contribution >= 0.6 is 0 Å². The summed E-state index contributed by atoms with van der Waals surface area (Å²) in [5.74, 6) is 0.838. The summed E-state index contributed by atoms with van der Waals surface area (Å²) in [4.78, 5) is 0. The molecule has 2 N–H and O–H groups in total. The van der Waals surface area contributed by atoms with Crippen molar-refractivity contribution in [3.8, 4) is 11.5 Å². The van der Waals surface area contributed by atoms with Gasteiger partial charge in [-0.1, -0.05) is 19.9 Å². The van der Waals surface area contributed by atoms with Crippen molar-refractivity contribution in [2.75, 3.05) is 14.2 Å². The van der Waals surface area contributed by atoms with Crippen molar-refractivity contribution in [2.24, 2.45) is 5.73 Å². The Labute approximate surface area is 110 Å². The number of hydrogen-bond donors (Lipinski definition) is 1. The lowest BCUT2D eigenvalue weighted by Gasteiger charge is -2.33. The van der Waals surface area contributed by atoms with Gasteiger partial charge in [-0.3, -0.25) is 0 Å². The number of halogens is 3. The van der Waals surface area contributed by atoms with E-state index < -0.39 is 17.6 Å². The summed E-state index contributed by atoms with van der Waals surface area (Å²) < 4.78 is 48.5. The Kier molecular flexibility index (Phi) is 4.35. The normalized spacial score (nSPS) is 14.1. The molecular formula is C13H18F3NO2. The first kappa shape index (κ1) is 15.6. The van der Waals surface area contributed by atoms with Gasteiger partial charge in [-0.15, -0.1) is 0 Å². The van der Waals surface area contributed by atoms with E-state index in [1.54, 1.807) is 12.1 Å². The van der Waals surface area contributed by atoms with Gasteiger partial charge in [-0.25, -0.2) is 0 Å². The minimum Gasteiger partial charge on any atom is -0.493 e. The molecule has 0 aliphatic carbocycles. The maximum Gasteiger partial charge on any atom is 0.404 e. The Bertz CT molecular complexity index is 444. The monoisotopic (exact) mass is 277 g/mol. The highest BCUT2D eigenvalue weighted by Gasteiger charge is 2.47. The van der Waals surface area contributed by atoms with Crippen molar-refractivity contribution in [1.29, 1.82) is 0 Å². The van der Waals surface area contributed by atoms with Crippen molar-refractivity contribution in [2.45, 2.75) is 31.5 Å². The summed E-state index contributed by atoms with van der Waals surface area (Å²) in [6, 6.07) is 2.69. The van der Waals surface area contributed by atoms with E-state index in [0.29, 0.717) is 17.1 Å². The van der Waals surface area contributed by atoms with Crippen molar-refractivity contribution in [3.05, 3.63) is 23.8 Å². The Morgan fingerprint density at radius 2 is 1.58 bits per heavy atom. The second-order valence-electron chi connectivity index (χ2n) is 4.81. The van der Waals surface area contributed by atoms with E-state index in [2.05, 4.69) is 0 Å². The third-order valence-corrected chi connectivity index (χ3v) is 3.26. The van der Waals surface area contributed by atoms with Crippen molar-refractivity contribution in [1.82, 2.24) is 0 Å². The number of benzene rings is 1. The van der Waals surface area contributed by atoms with E-state index in [0.717, 1.165) is 0 Å². The largest absolute Gasteiger partial charge is 0.493 e. The molecule has 6 heteroatoms. The molecule has 1 rings (SSSR count). The van der Waals surface area contributed by atoms with Crippen molar-refractivity contribution < 1.29 is 22.6 Å². The van der Waals surface area contributed by atoms with Gasteiger partial charge in [0, 0.05) is 5.41 Å². The molecule has 0 saturated carbocycles. The Balaban J connectivity index is 3.22. The molecule has 0 fully saturated rings. The van der Waals surface area contributed by atoms with Gasteiger partial charge >= 0.3 is 6.18 Å². The zero-order valence-corrected chi connectivity index (χ0v) is 11.3. The fraction of sp³-hybridized carbons (Fsp3) is 0.538. The van der Waals surface area contributed by atoms with Crippen LogP contribution in [0, 0.1) is 0 Å². The van der Waals surface area contributed by atoms with Crippen molar-refractivity contribution >= 4 is 0 Å². The van der Waals surface area contributed by atoms with E-state index >= 15 is 0 Å². The lowest BCUT2D eigenvalue weighted by atomic mass is 9.77. The van der Waals surface area contributed by atoms with E-state index in [9.17, 15) is 13.2 Å². The second kappa shape index (κ2) is 5.28. The average molecular weight is 277 g/mol. The van der Waals surface area contributed by atoms with Gasteiger partial charge in [0.2, 0.25) is 0 Å². The summed E-state index contributed by atoms with van der Waals surface area (Å²) in [6.07, 6.45) is -4.46. The zero-order valence-electron chi connectivity index (χ0n) is 11.3. The second-order valence-corrected chi connectivity index (χ2v) is 4.81. The van der Waals surface area contributed by atoms with Gasteiger partial charge in [-0.05, 0) is 17.7 Å². The average Bonchev–Trinajstić information content (AvgIpc) is 2.35. The summed E-state index contributed by atoms with van der Waals surface area (Å²) in [7, 11) is 2.89. The molecule has 0 saturated heterocycles. The van der Waals surface area contributed by atoms with Crippen LogP contribution in [0.25, 0.3) is 0 Å². The van der Waals surface area contributed by atoms with E-state index in [-0.39, 0.29) is 0 Å². The van der Waals surface area contributed by atoms with Gasteiger partial charge in [0.25, 0.3) is 0 Å². The van der Waals surface area contributed by atoms with Crippen LogP contribution in [0.5, 0.6) is 11.5 Å². The topological polar surface area (TPSA) is 44.5 Å². The standard InChI is InChI=1S/C13H18F3NO2/c1-12(2,11(17)13(14,15)16)8-5-6-9(18-3)10(7-8)19-4/h5-7,11H,17H2,1-4H3. The molecule has 0 aliphatic heterocycles. The lowest BCUT2D eigenvalue weighted by molar-refractivity contribution is -0.160. The first-order valence-corrected chi connectivity index (χ1v) is 5.69. The first-order chi connectivity index (χ1) is 8.64. The third-order valence-electron chi connectivity index (χ3n) is 3.26. The van der Waals surface area contributed by atoms with Gasteiger partial charge in [-0.2, -0.15) is 13.2 Å². The number of methoxy groups -OCH3 is 2. The third kappa shape index (κ3) is 3.12. The van der Waals surface area contributed by atoms with Crippen LogP contribution in [-0.2, 0) is 5.41 Å². The minimum absolute atomic E-state index is 0.377. The van der Waals surface area contributed by atoms with Crippen LogP contribution in [-0.4, -0.2) is 26.4 Å². The number of alkyl halides is 3. The van der Waals surface area contributed by atoms with Crippen LogP contribution in [0.1, 0.15) is 19.4 Å². The van der Waals surface area contributed by atoms with Crippen LogP contribution in [0.3, 0.4) is 0 Å². The molecule has 0 bridgehead atoms. The quantitative estimate of drug-likeness (QED) is 0.920. The number of ether oxygens (including phenoxy) is 2. The van der Waals surface area contributed by atoms with Gasteiger partial charge in [0.05, 0.1) is 14.2 Å². The van der Waals surface area contributed by atoms with Crippen LogP contribution in [0.2, 0.25) is 0 Å². The summed E-state index contributed by atoms with van der Waals surface area (Å²) in [5, 5.41) is 0. The lowest BCUT2D eigenvalue weighted by Crippen LogP contribution is -2.51. The number of nitrogens with two attached hydrogens (primary N) is 1. The molecule has 0 aromatic heterocycles. The molecule has 108 valence electrons. The molecular weight excluding hydrogens is 259 g/mol. The predicted molar refractivity (Wildman–Crippen MR) is 66.6 cm³/mol. The molecule has 0 radical (unpaired) electrons. The smallest absolute Gasteiger partial charge is 0.404 e. The Morgan fingerprint density at radius 1 is 1.05 bits per heavy atom. The fourth-order valence-electron chi connectivity index (χ4n) is 1.83. The van der Waals surface area contributed by atoms with Crippen LogP contribution in [0.15, 0.2) is 18.2 Å². The van der Waals surface area contributed by atoms with E-state index in [4.69, 9.17) is 15.2 Å². The maximum absolute atomic E-state index is 12.8. The number of hydrogen-bond acceptors (Lipinski definition) is 3. The molecule has 0 heterocycles. The number of rotatable bonds is 4. The summed E-state index contributed by atoms with van der Waals surface area (Å²) in [6.45, 7) is 2.90. The van der Waals surface area contributed by atoms with Crippen LogP contribution < -0.4 is 15.2 Å². The minimum atomic E-state index is -4.46. The van der Waals surface area contributed by atoms with Crippen molar-refractivity contribution in [3.63, 3.8) is 0 Å². The molecule has 0 aliphatic rings. The Hall–Kier alpha value is -1.43. The SMILES string of the molecule is COc1ccc(C(C)(C)C(N)C(F)(F)F)cc1OC. The highest BCUT2D eigenvalue weighted by molar-refractivity contribution is 5.45. The molecule has 0 amide bonds. The predicted octanol–water partition coefficient (Wildman–Crippen LogP) is 2.87. The highest BCUT2D eigenvalue weighted by Crippen LogP contribution is 2.38. The zero-order chi connectivity index (χ0) is 14.8. The molecule has 0 spiro atoms. The molecule has 1 unspecified atom stereocenters. The molecule has 3 nitrogen and oxygen atoms in total. The van der Waals surface area contributed by atoms with Crippen LogP contribution in [0.4, 0.5) is 13.2 Å². The fourth-order valence-corrected chi connectivity index (χ4v) is 1.83. The van der Waals surface area contributed by atoms with Gasteiger partial charge in [0.15, 0.2) is 11.5 Å². The van der Waals surface area contributed by atoms with Gasteiger partial charge in [0.1, 0.15) is 6.04 Å². The molecule has 19 heavy (non-hydrogen) atoms. The maximum atomic E-state index is 12.8. The molecule has 1 aromatic carbocycles. The Morgan fingerprint density at radius 3 is 2.00 bits per heavy atom. The summed E-state index contributed by atoms with van der Waals surface area (Å²) in [5.41, 5.74) is 4.50. The van der Waals surface area contributed by atoms with E-state index in [1.807, 2.05) is 0 Å². The highest BCUT2D eigenvalue weighted by atomic mass is 19.4. The molecule has 1 aromatic rings. The molecule has 1 atom stereocenters. The first-order valence-electron chi connectivity index (χ1n) is 5.69. The van der Waals surface area contributed by atoms with E-state index in [1.165, 1.54) is 34.1 Å². The van der Waals surface area contributed by atoms with Gasteiger partial charge < -0.3 is 15.2 Å².